The summed E-state index contributed by atoms with van der Waals surface area (Å²) in [6.07, 6.45) is 0.519. The van der Waals surface area contributed by atoms with Crippen molar-refractivity contribution in [3.63, 3.8) is 0 Å². The highest BCUT2D eigenvalue weighted by atomic mass is 16.5. The first kappa shape index (κ1) is 23.3. The lowest BCUT2D eigenvalue weighted by Gasteiger charge is -2.26. The number of aromatic hydroxyl groups is 1. The van der Waals surface area contributed by atoms with E-state index in [1.54, 1.807) is 38.3 Å². The summed E-state index contributed by atoms with van der Waals surface area (Å²) in [6, 6.07) is 16.8. The van der Waals surface area contributed by atoms with Gasteiger partial charge in [-0.15, -0.1) is 0 Å². The number of ketones is 1. The second-order valence-electron chi connectivity index (χ2n) is 8.03. The number of carbonyl (C=O) groups excluding carboxylic acids is 2. The minimum atomic E-state index is -0.837. The molecule has 0 aliphatic carbocycles. The van der Waals surface area contributed by atoms with E-state index in [2.05, 4.69) is 0 Å². The van der Waals surface area contributed by atoms with Crippen LogP contribution in [0.4, 0.5) is 0 Å². The van der Waals surface area contributed by atoms with Crippen LogP contribution >= 0.6 is 0 Å². The Labute approximate surface area is 197 Å². The van der Waals surface area contributed by atoms with Crippen LogP contribution in [0.3, 0.4) is 0 Å². The van der Waals surface area contributed by atoms with Crippen molar-refractivity contribution in [2.45, 2.75) is 19.4 Å². The Hall–Kier alpha value is -3.84. The molecule has 1 saturated heterocycles. The number of ether oxygens (including phenoxy) is 2. The van der Waals surface area contributed by atoms with Crippen molar-refractivity contribution in [2.75, 3.05) is 26.9 Å². The molecule has 3 aromatic rings. The molecule has 0 aromatic heterocycles. The number of likely N-dealkylation sites (tertiary alicyclic amines) is 1. The zero-order valence-corrected chi connectivity index (χ0v) is 19.2. The highest BCUT2D eigenvalue weighted by molar-refractivity contribution is 6.46. The summed E-state index contributed by atoms with van der Waals surface area (Å²) in [5, 5.41) is 23.3. The van der Waals surface area contributed by atoms with Crippen molar-refractivity contribution in [2.24, 2.45) is 0 Å². The Morgan fingerprint density at radius 2 is 1.82 bits per heavy atom. The molecule has 0 saturated carbocycles. The predicted octanol–water partition coefficient (Wildman–Crippen LogP) is 4.40. The first-order valence-electron chi connectivity index (χ1n) is 11.2. The van der Waals surface area contributed by atoms with Gasteiger partial charge in [-0.2, -0.15) is 0 Å². The number of aliphatic hydroxyl groups excluding tert-OH is 1. The molecular weight excluding hydrogens is 434 g/mol. The average molecular weight is 462 g/mol. The molecule has 7 nitrogen and oxygen atoms in total. The number of carbonyl (C=O) groups is 2. The second-order valence-corrected chi connectivity index (χ2v) is 8.03. The van der Waals surface area contributed by atoms with E-state index in [4.69, 9.17) is 9.47 Å². The molecule has 2 N–H and O–H groups in total. The van der Waals surface area contributed by atoms with Crippen LogP contribution < -0.4 is 4.74 Å². The van der Waals surface area contributed by atoms with Crippen molar-refractivity contribution in [1.29, 1.82) is 0 Å². The van der Waals surface area contributed by atoms with Crippen molar-refractivity contribution < 1.29 is 29.3 Å². The van der Waals surface area contributed by atoms with E-state index in [-0.39, 0.29) is 29.4 Å². The van der Waals surface area contributed by atoms with Crippen molar-refractivity contribution in [1.82, 2.24) is 4.90 Å². The van der Waals surface area contributed by atoms with Crippen molar-refractivity contribution >= 4 is 28.2 Å². The zero-order chi connectivity index (χ0) is 24.2. The lowest BCUT2D eigenvalue weighted by molar-refractivity contribution is -0.140. The van der Waals surface area contributed by atoms with Gasteiger partial charge in [0.25, 0.3) is 11.7 Å². The van der Waals surface area contributed by atoms with E-state index >= 15 is 0 Å². The van der Waals surface area contributed by atoms with Crippen LogP contribution in [0.15, 0.2) is 66.2 Å². The van der Waals surface area contributed by atoms with Crippen LogP contribution in [-0.2, 0) is 14.3 Å². The zero-order valence-electron chi connectivity index (χ0n) is 19.2. The standard InChI is InChI=1S/C27H27NO6/c1-3-34-22-16-18(12-13-21(22)29)24-23(26(31)27(32)28(24)14-7-15-33-2)25(30)20-11-6-9-17-8-4-5-10-19(17)20/h4-6,8-13,16,24,29-30H,3,7,14-15H2,1-2H3/b25-23+. The van der Waals surface area contributed by atoms with Gasteiger partial charge in [0.15, 0.2) is 11.5 Å². The second kappa shape index (κ2) is 9.97. The Bertz CT molecular complexity index is 1260. The first-order valence-corrected chi connectivity index (χ1v) is 11.2. The molecule has 1 unspecified atom stereocenters. The third-order valence-corrected chi connectivity index (χ3v) is 5.93. The number of Topliss-reactive ketones (excluding diaryl/α,β-unsaturated/α-hetero) is 1. The van der Waals surface area contributed by atoms with Crippen LogP contribution in [-0.4, -0.2) is 53.7 Å². The SMILES string of the molecule is CCOc1cc(C2/C(=C(\O)c3cccc4ccccc34)C(=O)C(=O)N2CCCOC)ccc1O. The molecule has 0 radical (unpaired) electrons. The number of benzene rings is 3. The maximum Gasteiger partial charge on any atom is 0.295 e. The molecule has 176 valence electrons. The minimum absolute atomic E-state index is 0.00640. The van der Waals surface area contributed by atoms with Crippen molar-refractivity contribution in [3.05, 3.63) is 77.4 Å². The smallest absolute Gasteiger partial charge is 0.295 e. The maximum atomic E-state index is 13.2. The summed E-state index contributed by atoms with van der Waals surface area (Å²) in [6.45, 7) is 2.81. The number of hydrogen-bond acceptors (Lipinski definition) is 6. The highest BCUT2D eigenvalue weighted by Crippen LogP contribution is 2.42. The molecule has 1 aliphatic heterocycles. The largest absolute Gasteiger partial charge is 0.507 e. The summed E-state index contributed by atoms with van der Waals surface area (Å²) in [7, 11) is 1.57. The average Bonchev–Trinajstić information content (AvgIpc) is 3.10. The van der Waals surface area contributed by atoms with Gasteiger partial charge in [0.1, 0.15) is 5.76 Å². The molecule has 1 atom stereocenters. The Kier molecular flexibility index (Phi) is 6.84. The van der Waals surface area contributed by atoms with Gasteiger partial charge in [0, 0.05) is 25.8 Å². The van der Waals surface area contributed by atoms with Crippen LogP contribution in [0.1, 0.15) is 30.5 Å². The summed E-state index contributed by atoms with van der Waals surface area (Å²) >= 11 is 0. The van der Waals surface area contributed by atoms with Crippen LogP contribution in [0.25, 0.3) is 16.5 Å². The van der Waals surface area contributed by atoms with Gasteiger partial charge in [-0.3, -0.25) is 9.59 Å². The molecule has 4 rings (SSSR count). The Morgan fingerprint density at radius 3 is 2.59 bits per heavy atom. The van der Waals surface area contributed by atoms with E-state index in [0.717, 1.165) is 10.8 Å². The summed E-state index contributed by atoms with van der Waals surface area (Å²) < 4.78 is 10.7. The van der Waals surface area contributed by atoms with Gasteiger partial charge >= 0.3 is 0 Å². The third kappa shape index (κ3) is 4.22. The number of hydrogen-bond donors (Lipinski definition) is 2. The van der Waals surface area contributed by atoms with Gasteiger partial charge < -0.3 is 24.6 Å². The number of phenols is 1. The number of amides is 1. The molecule has 1 fully saturated rings. The Balaban J connectivity index is 1.91. The fourth-order valence-electron chi connectivity index (χ4n) is 4.39. The van der Waals surface area contributed by atoms with Crippen LogP contribution in [0.5, 0.6) is 11.5 Å². The summed E-state index contributed by atoms with van der Waals surface area (Å²) in [4.78, 5) is 27.8. The van der Waals surface area contributed by atoms with E-state index in [9.17, 15) is 19.8 Å². The third-order valence-electron chi connectivity index (χ3n) is 5.93. The quantitative estimate of drug-likeness (QED) is 0.223. The fourth-order valence-corrected chi connectivity index (χ4v) is 4.39. The molecule has 3 aromatic carbocycles. The number of aliphatic hydroxyl groups is 1. The molecule has 0 bridgehead atoms. The fraction of sp³-hybridized carbons (Fsp3) is 0.259. The molecule has 1 amide bonds. The number of phenolic OH excluding ortho intramolecular Hbond substituents is 1. The van der Waals surface area contributed by atoms with Crippen LogP contribution in [0, 0.1) is 0 Å². The molecule has 1 heterocycles. The molecular formula is C27H27NO6. The molecule has 7 heteroatoms. The monoisotopic (exact) mass is 461 g/mol. The van der Waals surface area contributed by atoms with Gasteiger partial charge in [0.05, 0.1) is 18.2 Å². The van der Waals surface area contributed by atoms with E-state index in [1.807, 2.05) is 30.3 Å². The Morgan fingerprint density at radius 1 is 1.06 bits per heavy atom. The van der Waals surface area contributed by atoms with Crippen LogP contribution in [0.2, 0.25) is 0 Å². The topological polar surface area (TPSA) is 96.3 Å². The lowest BCUT2D eigenvalue weighted by atomic mass is 9.93. The predicted molar refractivity (Wildman–Crippen MR) is 129 cm³/mol. The minimum Gasteiger partial charge on any atom is -0.507 e. The number of methoxy groups -OCH3 is 1. The molecule has 0 spiro atoms. The van der Waals surface area contributed by atoms with E-state index < -0.39 is 17.7 Å². The van der Waals surface area contributed by atoms with E-state index in [1.165, 1.54) is 11.0 Å². The highest BCUT2D eigenvalue weighted by Gasteiger charge is 2.46. The molecule has 1 aliphatic rings. The van der Waals surface area contributed by atoms with Crippen molar-refractivity contribution in [3.8, 4) is 11.5 Å². The van der Waals surface area contributed by atoms with Gasteiger partial charge in [-0.1, -0.05) is 48.5 Å². The maximum absolute atomic E-state index is 13.2. The summed E-state index contributed by atoms with van der Waals surface area (Å²) in [5.74, 6) is -1.48. The number of fused-ring (bicyclic) bond motifs is 1. The molecule has 34 heavy (non-hydrogen) atoms. The normalized spacial score (nSPS) is 17.5. The first-order chi connectivity index (χ1) is 16.5. The summed E-state index contributed by atoms with van der Waals surface area (Å²) in [5.41, 5.74) is 1.04. The number of nitrogens with zero attached hydrogens (tertiary/aromatic N) is 1. The van der Waals surface area contributed by atoms with Gasteiger partial charge in [0.2, 0.25) is 0 Å². The number of rotatable bonds is 8. The lowest BCUT2D eigenvalue weighted by Crippen LogP contribution is -2.31. The van der Waals surface area contributed by atoms with Gasteiger partial charge in [-0.05, 0) is 41.8 Å². The van der Waals surface area contributed by atoms with Gasteiger partial charge in [-0.25, -0.2) is 0 Å². The van der Waals surface area contributed by atoms with E-state index in [0.29, 0.717) is 30.8 Å².